The quantitative estimate of drug-likeness (QED) is 0.397. The zero-order chi connectivity index (χ0) is 20.6. The van der Waals surface area contributed by atoms with Gasteiger partial charge in [0.15, 0.2) is 0 Å². The van der Waals surface area contributed by atoms with Gasteiger partial charge < -0.3 is 20.2 Å². The molecule has 0 aliphatic heterocycles. The van der Waals surface area contributed by atoms with Crippen LogP contribution < -0.4 is 4.90 Å². The summed E-state index contributed by atoms with van der Waals surface area (Å²) in [5.74, 6) is -2.31. The predicted molar refractivity (Wildman–Crippen MR) is 113 cm³/mol. The van der Waals surface area contributed by atoms with Crippen molar-refractivity contribution < 1.29 is 20.1 Å². The van der Waals surface area contributed by atoms with E-state index in [1.54, 1.807) is 18.2 Å². The van der Waals surface area contributed by atoms with Gasteiger partial charge in [-0.05, 0) is 28.8 Å². The van der Waals surface area contributed by atoms with E-state index in [9.17, 15) is 15.0 Å². The van der Waals surface area contributed by atoms with E-state index in [1.165, 1.54) is 0 Å². The highest BCUT2D eigenvalue weighted by molar-refractivity contribution is 5.94. The lowest BCUT2D eigenvalue weighted by Crippen LogP contribution is -2.22. The smallest absolute Gasteiger partial charge is 0.371 e. The van der Waals surface area contributed by atoms with Gasteiger partial charge in [-0.1, -0.05) is 72.8 Å². The van der Waals surface area contributed by atoms with Crippen LogP contribution in [0, 0.1) is 0 Å². The molecule has 148 valence electrons. The van der Waals surface area contributed by atoms with Gasteiger partial charge in [0.25, 0.3) is 0 Å². The number of aliphatic hydroxyl groups excluding tert-OH is 2. The molecular weight excluding hydrogens is 366 g/mol. The highest BCUT2D eigenvalue weighted by Gasteiger charge is 2.16. The molecule has 5 heteroatoms. The van der Waals surface area contributed by atoms with Gasteiger partial charge in [0.05, 0.1) is 6.61 Å². The van der Waals surface area contributed by atoms with Gasteiger partial charge in [0, 0.05) is 24.4 Å². The fraction of sp³-hybridized carbons (Fsp3) is 0.125. The number of carbonyl (C=O) groups is 1. The van der Waals surface area contributed by atoms with E-state index in [1.807, 2.05) is 42.5 Å². The first-order chi connectivity index (χ1) is 14.1. The monoisotopic (exact) mass is 389 g/mol. The van der Waals surface area contributed by atoms with Gasteiger partial charge >= 0.3 is 5.97 Å². The van der Waals surface area contributed by atoms with Crippen molar-refractivity contribution in [1.29, 1.82) is 0 Å². The van der Waals surface area contributed by atoms with Crippen molar-refractivity contribution in [3.63, 3.8) is 0 Å². The third kappa shape index (κ3) is 5.24. The maximum atomic E-state index is 11.1. The van der Waals surface area contributed by atoms with Gasteiger partial charge in [-0.2, -0.15) is 0 Å². The van der Waals surface area contributed by atoms with E-state index >= 15 is 0 Å². The number of benzene rings is 3. The Hall–Kier alpha value is -3.57. The van der Waals surface area contributed by atoms with Gasteiger partial charge in [0.2, 0.25) is 5.76 Å². The lowest BCUT2D eigenvalue weighted by atomic mass is 10.0. The summed E-state index contributed by atoms with van der Waals surface area (Å²) in [4.78, 5) is 13.3. The summed E-state index contributed by atoms with van der Waals surface area (Å²) >= 11 is 0. The number of carboxylic acid groups (broad SMARTS) is 1. The zero-order valence-electron chi connectivity index (χ0n) is 15.9. The molecule has 0 spiro atoms. The van der Waals surface area contributed by atoms with E-state index in [-0.39, 0.29) is 5.57 Å². The molecule has 0 radical (unpaired) electrons. The number of aliphatic hydroxyl groups is 2. The fourth-order valence-electron chi connectivity index (χ4n) is 3.17. The largest absolute Gasteiger partial charge is 0.502 e. The normalized spacial score (nSPS) is 11.6. The van der Waals surface area contributed by atoms with Crippen LogP contribution in [0.25, 0.3) is 5.57 Å². The van der Waals surface area contributed by atoms with Crippen molar-refractivity contribution >= 4 is 17.2 Å². The second-order valence-electron chi connectivity index (χ2n) is 6.67. The third-order valence-electron chi connectivity index (χ3n) is 4.64. The van der Waals surface area contributed by atoms with Crippen LogP contribution in [0.4, 0.5) is 5.69 Å². The lowest BCUT2D eigenvalue weighted by Gasteiger charge is -2.26. The van der Waals surface area contributed by atoms with E-state index < -0.39 is 18.3 Å². The van der Waals surface area contributed by atoms with Crippen LogP contribution in [-0.2, 0) is 17.9 Å². The average Bonchev–Trinajstić information content (AvgIpc) is 2.75. The van der Waals surface area contributed by atoms with Crippen molar-refractivity contribution in [2.45, 2.75) is 13.1 Å². The van der Waals surface area contributed by atoms with Crippen molar-refractivity contribution in [1.82, 2.24) is 0 Å². The minimum Gasteiger partial charge on any atom is -0.502 e. The molecule has 0 bridgehead atoms. The molecule has 3 aromatic carbocycles. The Bertz CT molecular complexity index is 943. The van der Waals surface area contributed by atoms with Crippen molar-refractivity contribution in [2.75, 3.05) is 11.5 Å². The third-order valence-corrected chi connectivity index (χ3v) is 4.64. The SMILES string of the molecule is O=C(O)/C(O)=C(\CO)c1cccc(N(Cc2ccccc2)Cc2ccccc2)c1. The summed E-state index contributed by atoms with van der Waals surface area (Å²) in [5.41, 5.74) is 3.59. The van der Waals surface area contributed by atoms with E-state index in [2.05, 4.69) is 29.2 Å². The first-order valence-corrected chi connectivity index (χ1v) is 9.28. The number of nitrogens with zero attached hydrogens (tertiary/aromatic N) is 1. The maximum absolute atomic E-state index is 11.1. The van der Waals surface area contributed by atoms with Gasteiger partial charge in [-0.15, -0.1) is 0 Å². The number of hydrogen-bond donors (Lipinski definition) is 3. The number of anilines is 1. The molecule has 3 N–H and O–H groups in total. The Labute approximate surface area is 169 Å². The van der Waals surface area contributed by atoms with Crippen LogP contribution in [0.2, 0.25) is 0 Å². The number of rotatable bonds is 8. The fourth-order valence-corrected chi connectivity index (χ4v) is 3.17. The Kier molecular flexibility index (Phi) is 6.66. The van der Waals surface area contributed by atoms with Gasteiger partial charge in [-0.3, -0.25) is 0 Å². The van der Waals surface area contributed by atoms with Gasteiger partial charge in [-0.25, -0.2) is 4.79 Å². The molecule has 0 heterocycles. The molecule has 0 aromatic heterocycles. The minimum atomic E-state index is -1.47. The Morgan fingerprint density at radius 1 is 0.759 bits per heavy atom. The van der Waals surface area contributed by atoms with Gasteiger partial charge in [0.1, 0.15) is 0 Å². The molecular formula is C24H23NO4. The average molecular weight is 389 g/mol. The van der Waals surface area contributed by atoms with Crippen LogP contribution in [0.3, 0.4) is 0 Å². The second kappa shape index (κ2) is 9.57. The van der Waals surface area contributed by atoms with Crippen molar-refractivity contribution in [2.24, 2.45) is 0 Å². The molecule has 0 unspecified atom stereocenters. The Balaban J connectivity index is 1.99. The molecule has 29 heavy (non-hydrogen) atoms. The molecule has 0 fully saturated rings. The molecule has 0 amide bonds. The van der Waals surface area contributed by atoms with Crippen molar-refractivity contribution in [3.8, 4) is 0 Å². The van der Waals surface area contributed by atoms with E-state index in [4.69, 9.17) is 5.11 Å². The number of aliphatic carboxylic acids is 1. The molecule has 0 aliphatic rings. The summed E-state index contributed by atoms with van der Waals surface area (Å²) in [5, 5.41) is 28.5. The van der Waals surface area contributed by atoms with Crippen molar-refractivity contribution in [3.05, 3.63) is 107 Å². The molecule has 3 rings (SSSR count). The summed E-state index contributed by atoms with van der Waals surface area (Å²) in [7, 11) is 0. The molecule has 0 aliphatic carbocycles. The topological polar surface area (TPSA) is 81.0 Å². The lowest BCUT2D eigenvalue weighted by molar-refractivity contribution is -0.135. The highest BCUT2D eigenvalue weighted by atomic mass is 16.4. The standard InChI is InChI=1S/C24H23NO4/c26-17-22(23(27)24(28)29)20-12-7-13-21(14-20)25(15-18-8-3-1-4-9-18)16-19-10-5-2-6-11-19/h1-14,26-27H,15-17H2,(H,28,29)/b23-22-. The maximum Gasteiger partial charge on any atom is 0.371 e. The molecule has 3 aromatic rings. The Morgan fingerprint density at radius 3 is 1.79 bits per heavy atom. The zero-order valence-corrected chi connectivity index (χ0v) is 15.9. The first kappa shape index (κ1) is 20.2. The predicted octanol–water partition coefficient (Wildman–Crippen LogP) is 4.24. The van der Waals surface area contributed by atoms with Crippen LogP contribution in [0.15, 0.2) is 90.7 Å². The molecule has 0 saturated carbocycles. The number of hydrogen-bond acceptors (Lipinski definition) is 4. The summed E-state index contributed by atoms with van der Waals surface area (Å²) in [6, 6.07) is 27.3. The highest BCUT2D eigenvalue weighted by Crippen LogP contribution is 2.26. The summed E-state index contributed by atoms with van der Waals surface area (Å²) < 4.78 is 0. The van der Waals surface area contributed by atoms with Crippen LogP contribution in [0.1, 0.15) is 16.7 Å². The van der Waals surface area contributed by atoms with Crippen LogP contribution in [0.5, 0.6) is 0 Å². The molecule has 0 atom stereocenters. The van der Waals surface area contributed by atoms with E-state index in [0.717, 1.165) is 16.8 Å². The summed E-state index contributed by atoms with van der Waals surface area (Å²) in [6.07, 6.45) is 0. The number of carboxylic acids is 1. The minimum absolute atomic E-state index is 0.0151. The second-order valence-corrected chi connectivity index (χ2v) is 6.67. The molecule has 0 saturated heterocycles. The van der Waals surface area contributed by atoms with Crippen LogP contribution in [-0.4, -0.2) is 27.9 Å². The van der Waals surface area contributed by atoms with Crippen LogP contribution >= 0.6 is 0 Å². The Morgan fingerprint density at radius 2 is 1.31 bits per heavy atom. The van der Waals surface area contributed by atoms with E-state index in [0.29, 0.717) is 18.7 Å². The first-order valence-electron chi connectivity index (χ1n) is 9.28. The summed E-state index contributed by atoms with van der Waals surface area (Å²) in [6.45, 7) is 0.740. The molecule has 5 nitrogen and oxygen atoms in total.